The zero-order valence-electron chi connectivity index (χ0n) is 11.1. The fourth-order valence-corrected chi connectivity index (χ4v) is 2.16. The van der Waals surface area contributed by atoms with Crippen LogP contribution in [0.3, 0.4) is 0 Å². The quantitative estimate of drug-likeness (QED) is 0.616. The second-order valence-corrected chi connectivity index (χ2v) is 4.25. The van der Waals surface area contributed by atoms with Crippen LogP contribution in [-0.2, 0) is 6.54 Å². The number of nitro groups is 3. The summed E-state index contributed by atoms with van der Waals surface area (Å²) in [5.74, 6) is 0. The molecule has 0 saturated heterocycles. The average Bonchev–Trinajstić information content (AvgIpc) is 2.44. The fourth-order valence-electron chi connectivity index (χ4n) is 2.16. The molecule has 0 unspecified atom stereocenters. The molecule has 11 heteroatoms. The predicted molar refractivity (Wildman–Crippen MR) is 73.8 cm³/mol. The second-order valence-electron chi connectivity index (χ2n) is 4.25. The van der Waals surface area contributed by atoms with Crippen LogP contribution in [0.5, 0.6) is 0 Å². The highest BCUT2D eigenvalue weighted by atomic mass is 16.6. The van der Waals surface area contributed by atoms with Gasteiger partial charge in [0.05, 0.1) is 20.8 Å². The van der Waals surface area contributed by atoms with Crippen molar-refractivity contribution in [3.63, 3.8) is 0 Å². The summed E-state index contributed by atoms with van der Waals surface area (Å²) in [6, 6.07) is 2.49. The van der Waals surface area contributed by atoms with Crippen molar-refractivity contribution >= 4 is 28.0 Å². The van der Waals surface area contributed by atoms with Gasteiger partial charge >= 0.3 is 11.2 Å². The molecule has 0 aliphatic rings. The molecule has 0 amide bonds. The summed E-state index contributed by atoms with van der Waals surface area (Å²) in [5, 5.41) is 32.7. The highest BCUT2D eigenvalue weighted by Gasteiger charge is 2.26. The molecule has 2 rings (SSSR count). The maximum atomic E-state index is 12.0. The summed E-state index contributed by atoms with van der Waals surface area (Å²) in [6.45, 7) is 1.42. The third-order valence-electron chi connectivity index (χ3n) is 3.05. The van der Waals surface area contributed by atoms with Gasteiger partial charge in [0.1, 0.15) is 5.52 Å². The lowest BCUT2D eigenvalue weighted by atomic mass is 10.1. The van der Waals surface area contributed by atoms with Gasteiger partial charge in [-0.25, -0.2) is 0 Å². The van der Waals surface area contributed by atoms with Gasteiger partial charge in [-0.2, -0.15) is 0 Å². The molecule has 11 nitrogen and oxygen atoms in total. The number of pyridine rings is 1. The Morgan fingerprint density at radius 1 is 0.955 bits per heavy atom. The SMILES string of the molecule is CCn1c(=O)c([N+](=O)[O-])cc2cc([N+](=O)[O-])cc([N+](=O)[O-])c21. The summed E-state index contributed by atoms with van der Waals surface area (Å²) in [6.07, 6.45) is 0. The molecule has 0 radical (unpaired) electrons. The van der Waals surface area contributed by atoms with Crippen LogP contribution in [0, 0.1) is 30.3 Å². The molecule has 0 saturated carbocycles. The average molecular weight is 308 g/mol. The van der Waals surface area contributed by atoms with Crippen molar-refractivity contribution in [2.24, 2.45) is 0 Å². The Balaban J connectivity index is 3.08. The van der Waals surface area contributed by atoms with Crippen LogP contribution < -0.4 is 5.56 Å². The van der Waals surface area contributed by atoms with E-state index in [4.69, 9.17) is 0 Å². The van der Waals surface area contributed by atoms with Crippen LogP contribution in [0.4, 0.5) is 17.1 Å². The molecule has 0 bridgehead atoms. The lowest BCUT2D eigenvalue weighted by molar-refractivity contribution is -0.393. The van der Waals surface area contributed by atoms with E-state index in [9.17, 15) is 35.1 Å². The Kier molecular flexibility index (Phi) is 3.55. The van der Waals surface area contributed by atoms with Crippen LogP contribution in [-0.4, -0.2) is 19.3 Å². The highest BCUT2D eigenvalue weighted by molar-refractivity contribution is 5.91. The Morgan fingerprint density at radius 2 is 1.55 bits per heavy atom. The summed E-state index contributed by atoms with van der Waals surface area (Å²) in [5.41, 5.74) is -3.23. The van der Waals surface area contributed by atoms with E-state index >= 15 is 0 Å². The second kappa shape index (κ2) is 5.20. The molecule has 1 aromatic carbocycles. The van der Waals surface area contributed by atoms with Gasteiger partial charge in [-0.15, -0.1) is 0 Å². The Bertz CT molecular complexity index is 886. The predicted octanol–water partition coefficient (Wildman–Crippen LogP) is 1.75. The first-order chi connectivity index (χ1) is 10.3. The Morgan fingerprint density at radius 3 is 2.00 bits per heavy atom. The van der Waals surface area contributed by atoms with Crippen molar-refractivity contribution in [1.29, 1.82) is 0 Å². The van der Waals surface area contributed by atoms with Crippen LogP contribution >= 0.6 is 0 Å². The first-order valence-corrected chi connectivity index (χ1v) is 5.92. The van der Waals surface area contributed by atoms with Crippen LogP contribution in [0.25, 0.3) is 10.9 Å². The van der Waals surface area contributed by atoms with E-state index in [2.05, 4.69) is 0 Å². The molecule has 114 valence electrons. The third kappa shape index (κ3) is 2.24. The zero-order valence-corrected chi connectivity index (χ0v) is 11.1. The molecule has 1 aromatic heterocycles. The Hall–Kier alpha value is -3.37. The minimum absolute atomic E-state index is 0.0599. The summed E-state index contributed by atoms with van der Waals surface area (Å²) in [7, 11) is 0. The van der Waals surface area contributed by atoms with E-state index in [-0.39, 0.29) is 17.4 Å². The van der Waals surface area contributed by atoms with Crippen molar-refractivity contribution in [2.45, 2.75) is 13.5 Å². The largest absolute Gasteiger partial charge is 0.334 e. The number of hydrogen-bond donors (Lipinski definition) is 0. The van der Waals surface area contributed by atoms with Crippen molar-refractivity contribution in [3.8, 4) is 0 Å². The summed E-state index contributed by atoms with van der Waals surface area (Å²) < 4.78 is 0.856. The molecule has 0 spiro atoms. The van der Waals surface area contributed by atoms with Gasteiger partial charge < -0.3 is 0 Å². The minimum Gasteiger partial charge on any atom is -0.297 e. The van der Waals surface area contributed by atoms with E-state index < -0.39 is 37.4 Å². The number of rotatable bonds is 4. The van der Waals surface area contributed by atoms with Gasteiger partial charge in [0, 0.05) is 24.1 Å². The molecule has 22 heavy (non-hydrogen) atoms. The van der Waals surface area contributed by atoms with Crippen LogP contribution in [0.15, 0.2) is 23.0 Å². The van der Waals surface area contributed by atoms with Gasteiger partial charge in [-0.05, 0) is 6.92 Å². The summed E-state index contributed by atoms with van der Waals surface area (Å²) >= 11 is 0. The van der Waals surface area contributed by atoms with E-state index in [1.807, 2.05) is 0 Å². The van der Waals surface area contributed by atoms with Crippen molar-refractivity contribution < 1.29 is 14.8 Å². The topological polar surface area (TPSA) is 151 Å². The van der Waals surface area contributed by atoms with Crippen LogP contribution in [0.1, 0.15) is 6.92 Å². The molecule has 0 atom stereocenters. The lowest BCUT2D eigenvalue weighted by Gasteiger charge is -2.08. The van der Waals surface area contributed by atoms with Gasteiger partial charge in [0.25, 0.3) is 11.4 Å². The van der Waals surface area contributed by atoms with Gasteiger partial charge in [0.2, 0.25) is 0 Å². The molecule has 0 fully saturated rings. The number of aryl methyl sites for hydroxylation is 1. The zero-order chi connectivity index (χ0) is 16.6. The van der Waals surface area contributed by atoms with Crippen molar-refractivity contribution in [2.75, 3.05) is 0 Å². The molecule has 0 aliphatic carbocycles. The molecule has 0 aliphatic heterocycles. The number of nitrogens with zero attached hydrogens (tertiary/aromatic N) is 4. The lowest BCUT2D eigenvalue weighted by Crippen LogP contribution is -2.22. The monoisotopic (exact) mass is 308 g/mol. The van der Waals surface area contributed by atoms with Gasteiger partial charge in [0.15, 0.2) is 0 Å². The first kappa shape index (κ1) is 15.0. The number of non-ortho nitro benzene ring substituents is 2. The molecule has 0 N–H and O–H groups in total. The maximum Gasteiger partial charge on any atom is 0.334 e. The van der Waals surface area contributed by atoms with E-state index in [1.165, 1.54) is 6.92 Å². The highest BCUT2D eigenvalue weighted by Crippen LogP contribution is 2.31. The van der Waals surface area contributed by atoms with E-state index in [1.54, 1.807) is 0 Å². The summed E-state index contributed by atoms with van der Waals surface area (Å²) in [4.78, 5) is 42.2. The first-order valence-electron chi connectivity index (χ1n) is 5.92. The number of fused-ring (bicyclic) bond motifs is 1. The smallest absolute Gasteiger partial charge is 0.297 e. The van der Waals surface area contributed by atoms with Crippen LogP contribution in [0.2, 0.25) is 0 Å². The van der Waals surface area contributed by atoms with Gasteiger partial charge in [-0.3, -0.25) is 39.7 Å². The fraction of sp³-hybridized carbons (Fsp3) is 0.182. The van der Waals surface area contributed by atoms with Crippen molar-refractivity contribution in [1.82, 2.24) is 4.57 Å². The van der Waals surface area contributed by atoms with Gasteiger partial charge in [-0.1, -0.05) is 0 Å². The molecular formula is C11H8N4O7. The number of benzene rings is 1. The van der Waals surface area contributed by atoms with E-state index in [0.717, 1.165) is 22.8 Å². The molecular weight excluding hydrogens is 300 g/mol. The van der Waals surface area contributed by atoms with E-state index in [0.29, 0.717) is 0 Å². The minimum atomic E-state index is -1.00. The molecule has 1 heterocycles. The van der Waals surface area contributed by atoms with Crippen molar-refractivity contribution in [3.05, 3.63) is 58.9 Å². The Labute approximate surface area is 120 Å². The number of aromatic nitrogens is 1. The standard InChI is InChI=1S/C11H8N4O7/c1-2-12-10-6(4-9(11(12)16)15(21)22)3-7(13(17)18)5-8(10)14(19)20/h3-5H,2H2,1H3. The third-order valence-corrected chi connectivity index (χ3v) is 3.05. The molecule has 2 aromatic rings. The normalized spacial score (nSPS) is 10.6. The maximum absolute atomic E-state index is 12.0. The number of nitro benzene ring substituents is 2. The number of hydrogen-bond acceptors (Lipinski definition) is 7.